The Morgan fingerprint density at radius 1 is 0.972 bits per heavy atom. The molecule has 2 aromatic rings. The monoisotopic (exact) mass is 501 g/mol. The first-order valence-corrected chi connectivity index (χ1v) is 12.6. The Bertz CT molecular complexity index is 1030. The second kappa shape index (κ2) is 13.5. The maximum atomic E-state index is 14.3. The lowest BCUT2D eigenvalue weighted by Gasteiger charge is -2.32. The molecular formula is C28H37F2N3O3. The first-order chi connectivity index (χ1) is 17.3. The number of methoxy groups -OCH3 is 1. The van der Waals surface area contributed by atoms with E-state index in [1.54, 1.807) is 34.1 Å². The number of fused-ring (bicyclic) bond motifs is 1. The van der Waals surface area contributed by atoms with Crippen molar-refractivity contribution < 1.29 is 23.1 Å². The summed E-state index contributed by atoms with van der Waals surface area (Å²) in [6.45, 7) is 7.78. The Labute approximate surface area is 212 Å². The van der Waals surface area contributed by atoms with Crippen LogP contribution in [-0.2, 0) is 27.3 Å². The van der Waals surface area contributed by atoms with Crippen molar-refractivity contribution >= 4 is 17.5 Å². The third-order valence-corrected chi connectivity index (χ3v) is 6.30. The zero-order valence-electron chi connectivity index (χ0n) is 21.5. The highest BCUT2D eigenvalue weighted by molar-refractivity contribution is 5.95. The summed E-state index contributed by atoms with van der Waals surface area (Å²) >= 11 is 0. The minimum atomic E-state index is -0.440. The van der Waals surface area contributed by atoms with Crippen LogP contribution in [0.1, 0.15) is 37.8 Å². The normalized spacial score (nSPS) is 15.8. The number of halogens is 2. The number of rotatable bonds is 6. The largest absolute Gasteiger partial charge is 0.375 e. The Balaban J connectivity index is 1.95. The van der Waals surface area contributed by atoms with Crippen LogP contribution in [0.4, 0.5) is 14.5 Å². The molecule has 1 aliphatic heterocycles. The second-order valence-corrected chi connectivity index (χ2v) is 9.74. The lowest BCUT2D eigenvalue weighted by Crippen LogP contribution is -2.41. The van der Waals surface area contributed by atoms with Gasteiger partial charge in [0, 0.05) is 39.0 Å². The number of hydrogen-bond donors (Lipinski definition) is 0. The van der Waals surface area contributed by atoms with Crippen molar-refractivity contribution in [2.45, 2.75) is 39.7 Å². The Kier molecular flexibility index (Phi) is 10.4. The van der Waals surface area contributed by atoms with E-state index in [0.29, 0.717) is 35.8 Å². The smallest absolute Gasteiger partial charge is 0.252 e. The molecule has 36 heavy (non-hydrogen) atoms. The van der Waals surface area contributed by atoms with E-state index in [1.807, 2.05) is 0 Å². The maximum Gasteiger partial charge on any atom is 0.252 e. The summed E-state index contributed by atoms with van der Waals surface area (Å²) in [7, 11) is 1.47. The fourth-order valence-corrected chi connectivity index (χ4v) is 4.69. The molecule has 6 nitrogen and oxygen atoms in total. The molecule has 1 aliphatic rings. The highest BCUT2D eigenvalue weighted by Crippen LogP contribution is 2.25. The van der Waals surface area contributed by atoms with Crippen molar-refractivity contribution in [1.82, 2.24) is 9.80 Å². The van der Waals surface area contributed by atoms with Crippen molar-refractivity contribution in [1.29, 1.82) is 0 Å². The average molecular weight is 502 g/mol. The topological polar surface area (TPSA) is 53.1 Å². The first-order valence-electron chi connectivity index (χ1n) is 12.6. The molecule has 3 rings (SSSR count). The van der Waals surface area contributed by atoms with Gasteiger partial charge in [-0.2, -0.15) is 0 Å². The average Bonchev–Trinajstić information content (AvgIpc) is 2.82. The lowest BCUT2D eigenvalue weighted by molar-refractivity contribution is -0.131. The fraction of sp³-hybridized carbons (Fsp3) is 0.500. The number of ether oxygens (including phenoxy) is 1. The fourth-order valence-electron chi connectivity index (χ4n) is 4.69. The first kappa shape index (κ1) is 27.7. The predicted octanol–water partition coefficient (Wildman–Crippen LogP) is 4.27. The number of anilines is 1. The molecule has 0 aliphatic carbocycles. The van der Waals surface area contributed by atoms with Gasteiger partial charge in [0.25, 0.3) is 5.91 Å². The predicted molar refractivity (Wildman–Crippen MR) is 137 cm³/mol. The molecule has 0 unspecified atom stereocenters. The molecule has 0 atom stereocenters. The number of carbonyl (C=O) groups is 2. The van der Waals surface area contributed by atoms with Crippen molar-refractivity contribution in [3.8, 4) is 0 Å². The van der Waals surface area contributed by atoms with Crippen LogP contribution in [0.5, 0.6) is 0 Å². The van der Waals surface area contributed by atoms with Crippen LogP contribution < -0.4 is 4.90 Å². The summed E-state index contributed by atoms with van der Waals surface area (Å²) in [6, 6.07) is 10.5. The number of nitrogens with zero attached hydrogens (tertiary/aromatic N) is 3. The quantitative estimate of drug-likeness (QED) is 0.594. The van der Waals surface area contributed by atoms with Gasteiger partial charge in [-0.15, -0.1) is 0 Å². The molecule has 2 amide bonds. The summed E-state index contributed by atoms with van der Waals surface area (Å²) < 4.78 is 33.7. The van der Waals surface area contributed by atoms with E-state index in [9.17, 15) is 18.4 Å². The molecule has 0 bridgehead atoms. The van der Waals surface area contributed by atoms with Crippen LogP contribution in [0.3, 0.4) is 0 Å². The molecular weight excluding hydrogens is 464 g/mol. The van der Waals surface area contributed by atoms with Gasteiger partial charge in [-0.25, -0.2) is 8.78 Å². The third-order valence-electron chi connectivity index (χ3n) is 6.30. The Hall–Kier alpha value is -2.84. The number of amides is 2. The van der Waals surface area contributed by atoms with Crippen LogP contribution >= 0.6 is 0 Å². The van der Waals surface area contributed by atoms with Gasteiger partial charge in [0.2, 0.25) is 5.91 Å². The van der Waals surface area contributed by atoms with Gasteiger partial charge >= 0.3 is 0 Å². The minimum Gasteiger partial charge on any atom is -0.375 e. The molecule has 0 N–H and O–H groups in total. The van der Waals surface area contributed by atoms with Crippen LogP contribution in [0.15, 0.2) is 42.5 Å². The third kappa shape index (κ3) is 7.83. The molecule has 0 saturated carbocycles. The van der Waals surface area contributed by atoms with E-state index in [4.69, 9.17) is 4.74 Å². The van der Waals surface area contributed by atoms with Crippen molar-refractivity contribution in [2.24, 2.45) is 5.92 Å². The summed E-state index contributed by atoms with van der Waals surface area (Å²) in [5.41, 5.74) is 1.44. The molecule has 0 saturated heterocycles. The van der Waals surface area contributed by atoms with E-state index < -0.39 is 11.6 Å². The Morgan fingerprint density at radius 2 is 1.69 bits per heavy atom. The van der Waals surface area contributed by atoms with Crippen LogP contribution in [0.2, 0.25) is 0 Å². The number of hydrogen-bond acceptors (Lipinski definition) is 4. The van der Waals surface area contributed by atoms with E-state index in [0.717, 1.165) is 32.5 Å². The van der Waals surface area contributed by atoms with Gasteiger partial charge in [0.05, 0.1) is 6.42 Å². The molecule has 1 heterocycles. The van der Waals surface area contributed by atoms with Gasteiger partial charge in [-0.05, 0) is 67.2 Å². The molecule has 0 spiro atoms. The molecule has 8 heteroatoms. The lowest BCUT2D eigenvalue weighted by atomic mass is 10.1. The van der Waals surface area contributed by atoms with Gasteiger partial charge in [0.1, 0.15) is 18.2 Å². The second-order valence-electron chi connectivity index (χ2n) is 9.74. The minimum absolute atomic E-state index is 0.0840. The molecule has 0 aromatic heterocycles. The summed E-state index contributed by atoms with van der Waals surface area (Å²) in [5.74, 6) is -0.845. The maximum absolute atomic E-state index is 14.3. The number of benzene rings is 2. The zero-order valence-corrected chi connectivity index (χ0v) is 21.5. The van der Waals surface area contributed by atoms with Crippen LogP contribution in [0, 0.1) is 17.6 Å². The molecule has 0 fully saturated rings. The summed E-state index contributed by atoms with van der Waals surface area (Å²) in [4.78, 5) is 32.0. The van der Waals surface area contributed by atoms with E-state index in [1.165, 1.54) is 25.3 Å². The van der Waals surface area contributed by atoms with Crippen LogP contribution in [-0.4, -0.2) is 68.1 Å². The number of carbonyl (C=O) groups excluding carboxylic acids is 2. The summed E-state index contributed by atoms with van der Waals surface area (Å²) in [5, 5.41) is 0. The molecule has 2 aromatic carbocycles. The standard InChI is InChI=1S/C28H37F2N3O3/c1-21(2)18-31-12-6-14-32(27(34)17-22-8-4-5-9-25(22)30)19-23-16-24(29)10-11-26(23)33(15-7-13-31)28(35)20-36-3/h4-5,8-11,16,21H,6-7,12-15,17-20H2,1-3H3. The highest BCUT2D eigenvalue weighted by atomic mass is 19.1. The molecule has 0 radical (unpaired) electrons. The van der Waals surface area contributed by atoms with Crippen molar-refractivity contribution in [3.63, 3.8) is 0 Å². The van der Waals surface area contributed by atoms with Gasteiger partial charge < -0.3 is 19.4 Å². The Morgan fingerprint density at radius 3 is 2.39 bits per heavy atom. The van der Waals surface area contributed by atoms with E-state index in [-0.39, 0.29) is 31.4 Å². The van der Waals surface area contributed by atoms with Gasteiger partial charge in [-0.3, -0.25) is 9.59 Å². The SMILES string of the molecule is COCC(=O)N1CCCN(CC(C)C)CCCN(C(=O)Cc2ccccc2F)Cc2cc(F)ccc21. The molecule has 196 valence electrons. The van der Waals surface area contributed by atoms with E-state index in [2.05, 4.69) is 18.7 Å². The van der Waals surface area contributed by atoms with Crippen LogP contribution in [0.25, 0.3) is 0 Å². The van der Waals surface area contributed by atoms with Crippen molar-refractivity contribution in [3.05, 3.63) is 65.2 Å². The van der Waals surface area contributed by atoms with E-state index >= 15 is 0 Å². The van der Waals surface area contributed by atoms with Gasteiger partial charge in [0.15, 0.2) is 0 Å². The van der Waals surface area contributed by atoms with Gasteiger partial charge in [-0.1, -0.05) is 32.0 Å². The summed E-state index contributed by atoms with van der Waals surface area (Å²) in [6.07, 6.45) is 1.42. The highest BCUT2D eigenvalue weighted by Gasteiger charge is 2.24. The van der Waals surface area contributed by atoms with Crippen molar-refractivity contribution in [2.75, 3.05) is 51.3 Å². The zero-order chi connectivity index (χ0) is 26.1.